The first-order chi connectivity index (χ1) is 9.36. The minimum absolute atomic E-state index is 0.147. The maximum absolute atomic E-state index is 12.9. The van der Waals surface area contributed by atoms with Gasteiger partial charge in [0.15, 0.2) is 0 Å². The smallest absolute Gasteiger partial charge is 0.123 e. The average molecular weight is 279 g/mol. The Morgan fingerprint density at radius 2 is 1.65 bits per heavy atom. The van der Waals surface area contributed by atoms with E-state index in [1.165, 1.54) is 12.1 Å². The van der Waals surface area contributed by atoms with E-state index in [0.717, 1.165) is 38.4 Å². The lowest BCUT2D eigenvalue weighted by Crippen LogP contribution is -2.52. The van der Waals surface area contributed by atoms with Crippen molar-refractivity contribution in [2.45, 2.75) is 26.8 Å². The number of rotatable bonds is 3. The van der Waals surface area contributed by atoms with Crippen LogP contribution in [0.15, 0.2) is 24.3 Å². The summed E-state index contributed by atoms with van der Waals surface area (Å²) in [5, 5.41) is 0. The quantitative estimate of drug-likeness (QED) is 0.921. The summed E-state index contributed by atoms with van der Waals surface area (Å²) in [6.07, 6.45) is 0. The molecule has 0 amide bonds. The van der Waals surface area contributed by atoms with Gasteiger partial charge in [0, 0.05) is 44.5 Å². The van der Waals surface area contributed by atoms with Crippen molar-refractivity contribution in [3.8, 4) is 0 Å². The molecule has 20 heavy (non-hydrogen) atoms. The molecule has 1 atom stereocenters. The number of hydrogen-bond acceptors (Lipinski definition) is 3. The number of hydrogen-bond donors (Lipinski definition) is 1. The fourth-order valence-electron chi connectivity index (χ4n) is 2.39. The minimum atomic E-state index is -0.177. The van der Waals surface area contributed by atoms with E-state index in [1.807, 2.05) is 12.1 Å². The van der Waals surface area contributed by atoms with Gasteiger partial charge >= 0.3 is 0 Å². The van der Waals surface area contributed by atoms with Gasteiger partial charge in [0.1, 0.15) is 5.82 Å². The Morgan fingerprint density at radius 1 is 1.10 bits per heavy atom. The van der Waals surface area contributed by atoms with Crippen molar-refractivity contribution in [3.05, 3.63) is 30.1 Å². The van der Waals surface area contributed by atoms with Gasteiger partial charge in [0.05, 0.1) is 0 Å². The number of nitrogens with two attached hydrogens (primary N) is 1. The van der Waals surface area contributed by atoms with Gasteiger partial charge in [-0.2, -0.15) is 0 Å². The molecule has 4 heteroatoms. The van der Waals surface area contributed by atoms with Gasteiger partial charge in [-0.3, -0.25) is 4.90 Å². The lowest BCUT2D eigenvalue weighted by atomic mass is 9.87. The average Bonchev–Trinajstić information content (AvgIpc) is 2.39. The molecule has 0 spiro atoms. The van der Waals surface area contributed by atoms with Crippen molar-refractivity contribution in [2.75, 3.05) is 37.6 Å². The number of nitrogens with zero attached hydrogens (tertiary/aromatic N) is 2. The fraction of sp³-hybridized carbons (Fsp3) is 0.625. The standard InChI is InChI=1S/C16H26FN3/c1-16(2,3)15(18)12-19-8-10-20(11-9-19)14-6-4-13(17)5-7-14/h4-7,15H,8-12,18H2,1-3H3. The molecule has 0 saturated carbocycles. The second kappa shape index (κ2) is 6.10. The monoisotopic (exact) mass is 279 g/mol. The molecule has 3 nitrogen and oxygen atoms in total. The molecule has 2 N–H and O–H groups in total. The van der Waals surface area contributed by atoms with E-state index in [-0.39, 0.29) is 17.3 Å². The van der Waals surface area contributed by atoms with Crippen LogP contribution in [-0.2, 0) is 0 Å². The topological polar surface area (TPSA) is 32.5 Å². The Morgan fingerprint density at radius 3 is 2.15 bits per heavy atom. The molecule has 1 heterocycles. The first-order valence-electron chi connectivity index (χ1n) is 7.35. The van der Waals surface area contributed by atoms with Gasteiger partial charge in [-0.15, -0.1) is 0 Å². The fourth-order valence-corrected chi connectivity index (χ4v) is 2.39. The molecule has 1 aliphatic heterocycles. The van der Waals surface area contributed by atoms with Gasteiger partial charge in [-0.05, 0) is 29.7 Å². The molecule has 1 saturated heterocycles. The van der Waals surface area contributed by atoms with Gasteiger partial charge in [0.25, 0.3) is 0 Å². The Kier molecular flexibility index (Phi) is 4.66. The molecule has 0 radical (unpaired) electrons. The second-order valence-electron chi connectivity index (χ2n) is 6.74. The number of anilines is 1. The summed E-state index contributed by atoms with van der Waals surface area (Å²) in [5.74, 6) is -0.177. The highest BCUT2D eigenvalue weighted by atomic mass is 19.1. The number of piperazine rings is 1. The Balaban J connectivity index is 1.85. The van der Waals surface area contributed by atoms with Gasteiger partial charge in [-0.1, -0.05) is 20.8 Å². The first kappa shape index (κ1) is 15.3. The van der Waals surface area contributed by atoms with Gasteiger partial charge < -0.3 is 10.6 Å². The summed E-state index contributed by atoms with van der Waals surface area (Å²) >= 11 is 0. The number of benzene rings is 1. The molecule has 0 bridgehead atoms. The van der Waals surface area contributed by atoms with Crippen LogP contribution in [0.4, 0.5) is 10.1 Å². The molecule has 2 rings (SSSR count). The zero-order valence-corrected chi connectivity index (χ0v) is 12.8. The predicted octanol–water partition coefficient (Wildman–Crippen LogP) is 2.32. The van der Waals surface area contributed by atoms with E-state index in [2.05, 4.69) is 30.6 Å². The van der Waals surface area contributed by atoms with Gasteiger partial charge in [0.2, 0.25) is 0 Å². The van der Waals surface area contributed by atoms with Crippen molar-refractivity contribution in [1.82, 2.24) is 4.90 Å². The first-order valence-corrected chi connectivity index (χ1v) is 7.35. The molecule has 1 aromatic carbocycles. The van der Waals surface area contributed by atoms with Crippen LogP contribution in [-0.4, -0.2) is 43.7 Å². The molecule has 0 aromatic heterocycles. The summed E-state index contributed by atoms with van der Waals surface area (Å²) in [6.45, 7) is 11.5. The third-order valence-corrected chi connectivity index (χ3v) is 4.13. The maximum Gasteiger partial charge on any atom is 0.123 e. The molecular weight excluding hydrogens is 253 g/mol. The number of halogens is 1. The predicted molar refractivity (Wildman–Crippen MR) is 82.5 cm³/mol. The van der Waals surface area contributed by atoms with Crippen LogP contribution in [0.5, 0.6) is 0 Å². The van der Waals surface area contributed by atoms with Crippen molar-refractivity contribution < 1.29 is 4.39 Å². The highest BCUT2D eigenvalue weighted by Crippen LogP contribution is 2.20. The van der Waals surface area contributed by atoms with Crippen molar-refractivity contribution >= 4 is 5.69 Å². The van der Waals surface area contributed by atoms with E-state index in [4.69, 9.17) is 5.73 Å². The lowest BCUT2D eigenvalue weighted by molar-refractivity contribution is 0.191. The SMILES string of the molecule is CC(C)(C)C(N)CN1CCN(c2ccc(F)cc2)CC1. The van der Waals surface area contributed by atoms with Crippen molar-refractivity contribution in [2.24, 2.45) is 11.1 Å². The van der Waals surface area contributed by atoms with Crippen LogP contribution in [0.1, 0.15) is 20.8 Å². The molecule has 1 aromatic rings. The minimum Gasteiger partial charge on any atom is -0.369 e. The zero-order chi connectivity index (χ0) is 14.8. The van der Waals surface area contributed by atoms with Crippen LogP contribution in [0.25, 0.3) is 0 Å². The van der Waals surface area contributed by atoms with Crippen molar-refractivity contribution in [1.29, 1.82) is 0 Å². The van der Waals surface area contributed by atoms with Crippen LogP contribution in [0, 0.1) is 11.2 Å². The summed E-state index contributed by atoms with van der Waals surface area (Å²) in [6, 6.07) is 6.95. The highest BCUT2D eigenvalue weighted by molar-refractivity contribution is 5.46. The Hall–Kier alpha value is -1.13. The normalized spacial score (nSPS) is 19.1. The third-order valence-electron chi connectivity index (χ3n) is 4.13. The highest BCUT2D eigenvalue weighted by Gasteiger charge is 2.25. The van der Waals surface area contributed by atoms with E-state index >= 15 is 0 Å². The van der Waals surface area contributed by atoms with Crippen molar-refractivity contribution in [3.63, 3.8) is 0 Å². The summed E-state index contributed by atoms with van der Waals surface area (Å²) in [4.78, 5) is 4.73. The second-order valence-corrected chi connectivity index (χ2v) is 6.74. The molecule has 112 valence electrons. The van der Waals surface area contributed by atoms with Crippen LogP contribution >= 0.6 is 0 Å². The molecule has 1 unspecified atom stereocenters. The molecule has 0 aliphatic carbocycles. The molecule has 1 aliphatic rings. The van der Waals surface area contributed by atoms with E-state index in [1.54, 1.807) is 0 Å². The molecular formula is C16H26FN3. The molecule has 1 fully saturated rings. The summed E-state index contributed by atoms with van der Waals surface area (Å²) in [5.41, 5.74) is 7.50. The zero-order valence-electron chi connectivity index (χ0n) is 12.8. The van der Waals surface area contributed by atoms with E-state index in [0.29, 0.717) is 0 Å². The Labute approximate surface area is 121 Å². The van der Waals surface area contributed by atoms with Gasteiger partial charge in [-0.25, -0.2) is 4.39 Å². The maximum atomic E-state index is 12.9. The van der Waals surface area contributed by atoms with Crippen LogP contribution in [0.2, 0.25) is 0 Å². The summed E-state index contributed by atoms with van der Waals surface area (Å²) in [7, 11) is 0. The van der Waals surface area contributed by atoms with Crippen LogP contribution in [0.3, 0.4) is 0 Å². The Bertz CT molecular complexity index is 416. The lowest BCUT2D eigenvalue weighted by Gasteiger charge is -2.39. The third kappa shape index (κ3) is 3.93. The van der Waals surface area contributed by atoms with E-state index < -0.39 is 0 Å². The van der Waals surface area contributed by atoms with E-state index in [9.17, 15) is 4.39 Å². The summed E-state index contributed by atoms with van der Waals surface area (Å²) < 4.78 is 12.9. The van der Waals surface area contributed by atoms with Crippen LogP contribution < -0.4 is 10.6 Å². The largest absolute Gasteiger partial charge is 0.369 e.